The Morgan fingerprint density at radius 3 is 2.76 bits per heavy atom. The molecule has 3 aromatic heterocycles. The van der Waals surface area contributed by atoms with Gasteiger partial charge in [0.1, 0.15) is 27.1 Å². The van der Waals surface area contributed by atoms with Crippen LogP contribution in [-0.2, 0) is 11.3 Å². The van der Waals surface area contributed by atoms with Gasteiger partial charge in [-0.05, 0) is 45.4 Å². The molecule has 132 valence electrons. The number of aryl methyl sites for hydroxylation is 2. The fourth-order valence-electron chi connectivity index (χ4n) is 2.77. The van der Waals surface area contributed by atoms with Gasteiger partial charge >= 0.3 is 5.97 Å². The molecular formula is C18H21N3O3S. The number of nitrogens with zero attached hydrogens (tertiary/aromatic N) is 3. The highest BCUT2D eigenvalue weighted by molar-refractivity contribution is 7.20. The highest BCUT2D eigenvalue weighted by Crippen LogP contribution is 2.36. The lowest BCUT2D eigenvalue weighted by molar-refractivity contribution is 0.0531. The summed E-state index contributed by atoms with van der Waals surface area (Å²) in [5.41, 5.74) is 0.867. The molecule has 0 fully saturated rings. The van der Waals surface area contributed by atoms with Crippen LogP contribution in [0.3, 0.4) is 0 Å². The van der Waals surface area contributed by atoms with Gasteiger partial charge in [-0.1, -0.05) is 0 Å². The predicted octanol–water partition coefficient (Wildman–Crippen LogP) is 4.10. The van der Waals surface area contributed by atoms with Crippen LogP contribution in [0.25, 0.3) is 10.2 Å². The molecule has 6 nitrogen and oxygen atoms in total. The number of esters is 1. The molecule has 0 N–H and O–H groups in total. The zero-order valence-electron chi connectivity index (χ0n) is 14.8. The molecule has 3 rings (SSSR count). The van der Waals surface area contributed by atoms with Gasteiger partial charge in [0.25, 0.3) is 0 Å². The SMILES string of the molecule is CCOC(=O)c1sc2nc(C)nc(N(CC)Cc3ccco3)c2c1C. The normalized spacial score (nSPS) is 11.0. The Labute approximate surface area is 150 Å². The van der Waals surface area contributed by atoms with E-state index in [2.05, 4.69) is 21.8 Å². The van der Waals surface area contributed by atoms with Crippen LogP contribution in [0, 0.1) is 13.8 Å². The van der Waals surface area contributed by atoms with Gasteiger partial charge in [0, 0.05) is 6.54 Å². The van der Waals surface area contributed by atoms with E-state index in [1.54, 1.807) is 13.2 Å². The van der Waals surface area contributed by atoms with E-state index in [4.69, 9.17) is 9.15 Å². The number of carbonyl (C=O) groups excluding carboxylic acids is 1. The average molecular weight is 359 g/mol. The maximum absolute atomic E-state index is 12.2. The van der Waals surface area contributed by atoms with E-state index >= 15 is 0 Å². The van der Waals surface area contributed by atoms with Crippen LogP contribution >= 0.6 is 11.3 Å². The molecule has 0 bridgehead atoms. The Morgan fingerprint density at radius 1 is 1.32 bits per heavy atom. The fraction of sp³-hybridized carbons (Fsp3) is 0.389. The van der Waals surface area contributed by atoms with E-state index in [-0.39, 0.29) is 5.97 Å². The Hall–Kier alpha value is -2.41. The second-order valence-corrected chi connectivity index (χ2v) is 6.64. The van der Waals surface area contributed by atoms with Crippen LogP contribution in [0.15, 0.2) is 22.8 Å². The van der Waals surface area contributed by atoms with Gasteiger partial charge in [-0.15, -0.1) is 11.3 Å². The molecule has 25 heavy (non-hydrogen) atoms. The van der Waals surface area contributed by atoms with Crippen LogP contribution in [-0.4, -0.2) is 29.1 Å². The molecule has 0 aliphatic rings. The van der Waals surface area contributed by atoms with E-state index < -0.39 is 0 Å². The van der Waals surface area contributed by atoms with Gasteiger partial charge in [0.2, 0.25) is 0 Å². The maximum atomic E-state index is 12.2. The first-order valence-corrected chi connectivity index (χ1v) is 9.09. The van der Waals surface area contributed by atoms with Crippen LogP contribution in [0.4, 0.5) is 5.82 Å². The summed E-state index contributed by atoms with van der Waals surface area (Å²) in [5.74, 6) is 2.06. The maximum Gasteiger partial charge on any atom is 0.348 e. The lowest BCUT2D eigenvalue weighted by Gasteiger charge is -2.22. The molecule has 7 heteroatoms. The lowest BCUT2D eigenvalue weighted by atomic mass is 10.2. The van der Waals surface area contributed by atoms with Crippen molar-refractivity contribution in [2.24, 2.45) is 0 Å². The van der Waals surface area contributed by atoms with E-state index in [9.17, 15) is 4.79 Å². The number of aromatic nitrogens is 2. The van der Waals surface area contributed by atoms with Crippen LogP contribution in [0.2, 0.25) is 0 Å². The molecule has 0 amide bonds. The minimum atomic E-state index is -0.305. The Kier molecular flexibility index (Phi) is 5.03. The van der Waals surface area contributed by atoms with Gasteiger partial charge in [-0.3, -0.25) is 0 Å². The van der Waals surface area contributed by atoms with Crippen molar-refractivity contribution in [1.82, 2.24) is 9.97 Å². The van der Waals surface area contributed by atoms with Crippen molar-refractivity contribution in [3.05, 3.63) is 40.4 Å². The molecule has 0 atom stereocenters. The smallest absolute Gasteiger partial charge is 0.348 e. The molecule has 0 saturated carbocycles. The zero-order valence-corrected chi connectivity index (χ0v) is 15.6. The highest BCUT2D eigenvalue weighted by atomic mass is 32.1. The third-order valence-corrected chi connectivity index (χ3v) is 5.12. The van der Waals surface area contributed by atoms with Crippen molar-refractivity contribution in [2.75, 3.05) is 18.1 Å². The number of hydrogen-bond acceptors (Lipinski definition) is 7. The minimum Gasteiger partial charge on any atom is -0.467 e. The van der Waals surface area contributed by atoms with Crippen molar-refractivity contribution >= 4 is 33.3 Å². The first kappa shape index (κ1) is 17.4. The highest BCUT2D eigenvalue weighted by Gasteiger charge is 2.23. The van der Waals surface area contributed by atoms with Crippen LogP contribution < -0.4 is 4.90 Å². The molecule has 0 aliphatic heterocycles. The monoisotopic (exact) mass is 359 g/mol. The van der Waals surface area contributed by atoms with Gasteiger partial charge < -0.3 is 14.1 Å². The van der Waals surface area contributed by atoms with Crippen LogP contribution in [0.1, 0.15) is 40.7 Å². The predicted molar refractivity (Wildman–Crippen MR) is 98.3 cm³/mol. The Bertz CT molecular complexity index is 887. The zero-order chi connectivity index (χ0) is 18.0. The number of furan rings is 1. The summed E-state index contributed by atoms with van der Waals surface area (Å²) in [6.45, 7) is 9.38. The fourth-order valence-corrected chi connectivity index (χ4v) is 3.88. The van der Waals surface area contributed by atoms with Crippen molar-refractivity contribution in [2.45, 2.75) is 34.2 Å². The van der Waals surface area contributed by atoms with E-state index in [0.29, 0.717) is 23.9 Å². The quantitative estimate of drug-likeness (QED) is 0.617. The summed E-state index contributed by atoms with van der Waals surface area (Å²) >= 11 is 1.36. The number of fused-ring (bicyclic) bond motifs is 1. The molecule has 0 spiro atoms. The van der Waals surface area contributed by atoms with E-state index in [0.717, 1.165) is 33.9 Å². The summed E-state index contributed by atoms with van der Waals surface area (Å²) in [5, 5.41) is 0.909. The van der Waals surface area contributed by atoms with Gasteiger partial charge in [0.15, 0.2) is 0 Å². The summed E-state index contributed by atoms with van der Waals surface area (Å²) in [4.78, 5) is 24.9. The summed E-state index contributed by atoms with van der Waals surface area (Å²) in [6.07, 6.45) is 1.67. The third-order valence-electron chi connectivity index (χ3n) is 3.95. The van der Waals surface area contributed by atoms with Crippen molar-refractivity contribution in [1.29, 1.82) is 0 Å². The molecule has 3 heterocycles. The topological polar surface area (TPSA) is 68.5 Å². The first-order valence-electron chi connectivity index (χ1n) is 8.27. The number of thiophene rings is 1. The molecule has 0 aliphatic carbocycles. The largest absolute Gasteiger partial charge is 0.467 e. The minimum absolute atomic E-state index is 0.305. The van der Waals surface area contributed by atoms with Gasteiger partial charge in [-0.25, -0.2) is 14.8 Å². The Balaban J connectivity index is 2.11. The average Bonchev–Trinajstić information content (AvgIpc) is 3.20. The molecule has 0 radical (unpaired) electrons. The second-order valence-electron chi connectivity index (χ2n) is 5.64. The summed E-state index contributed by atoms with van der Waals surface area (Å²) in [7, 11) is 0. The van der Waals surface area contributed by atoms with Gasteiger partial charge in [-0.2, -0.15) is 0 Å². The van der Waals surface area contributed by atoms with Crippen molar-refractivity contribution in [3.8, 4) is 0 Å². The molecule has 0 unspecified atom stereocenters. The van der Waals surface area contributed by atoms with Crippen LogP contribution in [0.5, 0.6) is 0 Å². The van der Waals surface area contributed by atoms with Gasteiger partial charge in [0.05, 0.1) is 24.8 Å². The summed E-state index contributed by atoms with van der Waals surface area (Å²) in [6, 6.07) is 3.82. The third kappa shape index (κ3) is 3.37. The number of anilines is 1. The van der Waals surface area contributed by atoms with E-state index in [1.165, 1.54) is 11.3 Å². The Morgan fingerprint density at radius 2 is 2.12 bits per heavy atom. The number of hydrogen-bond donors (Lipinski definition) is 0. The number of ether oxygens (including phenoxy) is 1. The lowest BCUT2D eigenvalue weighted by Crippen LogP contribution is -2.23. The van der Waals surface area contributed by atoms with E-state index in [1.807, 2.05) is 26.0 Å². The molecular weight excluding hydrogens is 338 g/mol. The number of rotatable bonds is 6. The standard InChI is InChI=1S/C18H21N3O3S/c1-5-21(10-13-8-7-9-24-13)16-14-11(3)15(18(22)23-6-2)25-17(14)20-12(4)19-16/h7-9H,5-6,10H2,1-4H3. The van der Waals surface area contributed by atoms with Crippen molar-refractivity contribution in [3.63, 3.8) is 0 Å². The molecule has 0 saturated heterocycles. The number of carbonyl (C=O) groups is 1. The molecule has 0 aromatic carbocycles. The molecule has 3 aromatic rings. The summed E-state index contributed by atoms with van der Waals surface area (Å²) < 4.78 is 10.7. The second kappa shape index (κ2) is 7.23. The first-order chi connectivity index (χ1) is 12.0. The van der Waals surface area contributed by atoms with Crippen molar-refractivity contribution < 1.29 is 13.9 Å².